The Morgan fingerprint density at radius 3 is 2.69 bits per heavy atom. The Balaban J connectivity index is 2.74. The van der Waals surface area contributed by atoms with E-state index in [1.807, 2.05) is 32.5 Å². The molecule has 2 rings (SSSR count). The third kappa shape index (κ3) is 1.56. The number of hydrogen-bond donors (Lipinski definition) is 1. The van der Waals surface area contributed by atoms with Crippen LogP contribution in [0.4, 0.5) is 5.95 Å². The summed E-state index contributed by atoms with van der Waals surface area (Å²) in [5, 5.41) is 0. The second-order valence-electron chi connectivity index (χ2n) is 4.20. The molecule has 0 atom stereocenters. The highest BCUT2D eigenvalue weighted by Crippen LogP contribution is 2.13. The van der Waals surface area contributed by atoms with E-state index >= 15 is 0 Å². The summed E-state index contributed by atoms with van der Waals surface area (Å²) in [6, 6.07) is 0.193. The smallest absolute Gasteiger partial charge is 0.278 e. The summed E-state index contributed by atoms with van der Waals surface area (Å²) in [6.45, 7) is 4.00. The first-order valence-electron chi connectivity index (χ1n) is 5.15. The van der Waals surface area contributed by atoms with Gasteiger partial charge in [-0.1, -0.05) is 0 Å². The maximum absolute atomic E-state index is 11.9. The first kappa shape index (κ1) is 10.7. The number of fused-ring (bicyclic) bond motifs is 1. The van der Waals surface area contributed by atoms with Crippen LogP contribution in [0.15, 0.2) is 11.1 Å². The fraction of sp³-hybridized carbons (Fsp3) is 0.500. The average Bonchev–Trinajstić information content (AvgIpc) is 2.61. The Bertz CT molecular complexity index is 566. The molecule has 0 fully saturated rings. The largest absolute Gasteiger partial charge is 0.348 e. The van der Waals surface area contributed by atoms with Gasteiger partial charge in [-0.2, -0.15) is 4.98 Å². The molecule has 0 saturated carbocycles. The molecule has 0 amide bonds. The first-order chi connectivity index (χ1) is 7.50. The molecule has 1 N–H and O–H groups in total. The van der Waals surface area contributed by atoms with Crippen LogP contribution in [0.2, 0.25) is 0 Å². The number of rotatable bonds is 2. The fourth-order valence-corrected chi connectivity index (χ4v) is 1.54. The maximum atomic E-state index is 11.9. The molecule has 0 spiro atoms. The molecule has 86 valence electrons. The number of imidazole rings is 1. The Morgan fingerprint density at radius 2 is 2.12 bits per heavy atom. The van der Waals surface area contributed by atoms with Gasteiger partial charge in [-0.05, 0) is 13.8 Å². The zero-order chi connectivity index (χ0) is 11.9. The molecule has 0 radical (unpaired) electrons. The van der Waals surface area contributed by atoms with Crippen LogP contribution in [0.3, 0.4) is 0 Å². The number of anilines is 1. The average molecular weight is 221 g/mol. The number of nitrogens with zero attached hydrogens (tertiary/aromatic N) is 4. The standard InChI is InChI=1S/C10H15N5O/c1-6(2)15-5-11-8-7(15)9(16)13-10(12-8)14(3)4/h5-6H,1-4H3,(H,12,13,16). The van der Waals surface area contributed by atoms with Crippen LogP contribution in [-0.2, 0) is 0 Å². The minimum atomic E-state index is -0.153. The SMILES string of the molecule is CC(C)n1cnc2nc(N(C)C)[nH]c(=O)c21. The second-order valence-corrected chi connectivity index (χ2v) is 4.20. The van der Waals surface area contributed by atoms with Gasteiger partial charge in [0, 0.05) is 20.1 Å². The molecule has 0 aliphatic rings. The second kappa shape index (κ2) is 3.62. The minimum absolute atomic E-state index is 0.153. The van der Waals surface area contributed by atoms with Gasteiger partial charge in [-0.3, -0.25) is 9.78 Å². The Hall–Kier alpha value is -1.85. The van der Waals surface area contributed by atoms with E-state index in [4.69, 9.17) is 0 Å². The molecule has 0 unspecified atom stereocenters. The Labute approximate surface area is 92.9 Å². The van der Waals surface area contributed by atoms with Crippen LogP contribution in [-0.4, -0.2) is 33.6 Å². The molecule has 16 heavy (non-hydrogen) atoms. The highest BCUT2D eigenvalue weighted by molar-refractivity contribution is 5.71. The van der Waals surface area contributed by atoms with E-state index in [9.17, 15) is 4.79 Å². The molecular formula is C10H15N5O. The Morgan fingerprint density at radius 1 is 1.44 bits per heavy atom. The molecule has 2 aromatic heterocycles. The highest BCUT2D eigenvalue weighted by atomic mass is 16.1. The molecule has 0 aliphatic heterocycles. The van der Waals surface area contributed by atoms with Crippen LogP contribution in [0.1, 0.15) is 19.9 Å². The van der Waals surface area contributed by atoms with Crippen molar-refractivity contribution in [2.45, 2.75) is 19.9 Å². The monoisotopic (exact) mass is 221 g/mol. The van der Waals surface area contributed by atoms with Gasteiger partial charge in [0.1, 0.15) is 0 Å². The lowest BCUT2D eigenvalue weighted by Crippen LogP contribution is -2.20. The molecule has 2 aromatic rings. The first-order valence-corrected chi connectivity index (χ1v) is 5.15. The third-order valence-corrected chi connectivity index (χ3v) is 2.41. The van der Waals surface area contributed by atoms with E-state index in [0.717, 1.165) is 0 Å². The molecule has 0 aromatic carbocycles. The van der Waals surface area contributed by atoms with Crippen molar-refractivity contribution in [2.75, 3.05) is 19.0 Å². The van der Waals surface area contributed by atoms with Gasteiger partial charge in [0.2, 0.25) is 5.95 Å². The highest BCUT2D eigenvalue weighted by Gasteiger charge is 2.12. The van der Waals surface area contributed by atoms with Gasteiger partial charge < -0.3 is 9.47 Å². The summed E-state index contributed by atoms with van der Waals surface area (Å²) in [5.41, 5.74) is 0.863. The van der Waals surface area contributed by atoms with E-state index in [2.05, 4.69) is 15.0 Å². The summed E-state index contributed by atoms with van der Waals surface area (Å²) >= 11 is 0. The quantitative estimate of drug-likeness (QED) is 0.813. The number of nitrogens with one attached hydrogen (secondary N) is 1. The summed E-state index contributed by atoms with van der Waals surface area (Å²) in [5.74, 6) is 0.520. The van der Waals surface area contributed by atoms with E-state index in [1.54, 1.807) is 11.2 Å². The van der Waals surface area contributed by atoms with Gasteiger partial charge in [-0.15, -0.1) is 0 Å². The van der Waals surface area contributed by atoms with Crippen LogP contribution in [0.5, 0.6) is 0 Å². The van der Waals surface area contributed by atoms with Gasteiger partial charge in [0.15, 0.2) is 11.2 Å². The lowest BCUT2D eigenvalue weighted by molar-refractivity contribution is 0.615. The zero-order valence-electron chi connectivity index (χ0n) is 9.85. The van der Waals surface area contributed by atoms with E-state index < -0.39 is 0 Å². The van der Waals surface area contributed by atoms with Gasteiger partial charge in [-0.25, -0.2) is 4.98 Å². The normalized spacial score (nSPS) is 11.3. The van der Waals surface area contributed by atoms with E-state index in [-0.39, 0.29) is 11.6 Å². The van der Waals surface area contributed by atoms with Gasteiger partial charge in [0.05, 0.1) is 6.33 Å². The Kier molecular flexibility index (Phi) is 2.41. The molecule has 0 aliphatic carbocycles. The fourth-order valence-electron chi connectivity index (χ4n) is 1.54. The van der Waals surface area contributed by atoms with Crippen molar-refractivity contribution in [1.29, 1.82) is 0 Å². The van der Waals surface area contributed by atoms with Crippen LogP contribution in [0, 0.1) is 0 Å². The minimum Gasteiger partial charge on any atom is -0.348 e. The molecule has 6 heteroatoms. The van der Waals surface area contributed by atoms with Crippen molar-refractivity contribution < 1.29 is 0 Å². The van der Waals surface area contributed by atoms with Crippen molar-refractivity contribution in [3.63, 3.8) is 0 Å². The molecular weight excluding hydrogens is 206 g/mol. The summed E-state index contributed by atoms with van der Waals surface area (Å²) in [7, 11) is 3.65. The van der Waals surface area contributed by atoms with E-state index in [0.29, 0.717) is 17.1 Å². The lowest BCUT2D eigenvalue weighted by Gasteiger charge is -2.11. The summed E-state index contributed by atoms with van der Waals surface area (Å²) < 4.78 is 1.82. The van der Waals surface area contributed by atoms with E-state index in [1.165, 1.54) is 0 Å². The van der Waals surface area contributed by atoms with Crippen LogP contribution < -0.4 is 10.5 Å². The maximum Gasteiger partial charge on any atom is 0.278 e. The number of aromatic nitrogens is 4. The van der Waals surface area contributed by atoms with Crippen molar-refractivity contribution in [3.8, 4) is 0 Å². The predicted octanol–water partition coefficient (Wildman–Crippen LogP) is 0.766. The summed E-state index contributed by atoms with van der Waals surface area (Å²) in [6.07, 6.45) is 1.65. The van der Waals surface area contributed by atoms with Crippen molar-refractivity contribution in [2.24, 2.45) is 0 Å². The number of hydrogen-bond acceptors (Lipinski definition) is 4. The van der Waals surface area contributed by atoms with Crippen molar-refractivity contribution in [1.82, 2.24) is 19.5 Å². The van der Waals surface area contributed by atoms with Crippen LogP contribution in [0.25, 0.3) is 11.2 Å². The topological polar surface area (TPSA) is 66.8 Å². The van der Waals surface area contributed by atoms with Gasteiger partial charge in [0.25, 0.3) is 5.56 Å². The third-order valence-electron chi connectivity index (χ3n) is 2.41. The summed E-state index contributed by atoms with van der Waals surface area (Å²) in [4.78, 5) is 24.8. The predicted molar refractivity (Wildman–Crippen MR) is 62.9 cm³/mol. The van der Waals surface area contributed by atoms with Crippen molar-refractivity contribution in [3.05, 3.63) is 16.7 Å². The molecule has 6 nitrogen and oxygen atoms in total. The number of H-pyrrole nitrogens is 1. The zero-order valence-corrected chi connectivity index (χ0v) is 9.85. The van der Waals surface area contributed by atoms with Crippen LogP contribution >= 0.6 is 0 Å². The van der Waals surface area contributed by atoms with Crippen molar-refractivity contribution >= 4 is 17.1 Å². The molecule has 2 heterocycles. The van der Waals surface area contributed by atoms with Gasteiger partial charge >= 0.3 is 0 Å². The molecule has 0 saturated heterocycles. The molecule has 0 bridgehead atoms. The number of aromatic amines is 1. The lowest BCUT2D eigenvalue weighted by atomic mass is 10.4.